The largest absolute Gasteiger partial charge is 0.480 e. The molecule has 3 aliphatic rings. The van der Waals surface area contributed by atoms with Crippen molar-refractivity contribution in [3.8, 4) is 0 Å². The Bertz CT molecular complexity index is 750. The summed E-state index contributed by atoms with van der Waals surface area (Å²) in [5.74, 6) is -1.37. The third kappa shape index (κ3) is 3.43. The van der Waals surface area contributed by atoms with Gasteiger partial charge in [0.1, 0.15) is 12.6 Å². The number of piperazine rings is 1. The molecule has 3 saturated heterocycles. The number of benzene rings is 1. The maximum absolute atomic E-state index is 12.4. The van der Waals surface area contributed by atoms with Crippen LogP contribution in [-0.4, -0.2) is 82.7 Å². The second kappa shape index (κ2) is 7.67. The standard InChI is InChI=1S/C20H27N3O4S/c1-23(9-7-21-8-10-23)12-13-2-4-14(5-3-13)17-16(20(26)27)22-18(25)15(6-11-24)19(22)28-17/h2-5,15-17,19,21,24H,6-12H2,1H3/p+1/t15-,16?,17?,19+/m0/s1. The zero-order valence-electron chi connectivity index (χ0n) is 16.1. The van der Waals surface area contributed by atoms with Crippen LogP contribution >= 0.6 is 11.8 Å². The molecule has 3 fully saturated rings. The van der Waals surface area contributed by atoms with Gasteiger partial charge in [0.25, 0.3) is 0 Å². The van der Waals surface area contributed by atoms with Gasteiger partial charge in [-0.3, -0.25) is 4.79 Å². The van der Waals surface area contributed by atoms with Crippen LogP contribution in [0.4, 0.5) is 0 Å². The Morgan fingerprint density at radius 3 is 2.57 bits per heavy atom. The Kier molecular flexibility index (Phi) is 5.39. The van der Waals surface area contributed by atoms with Crippen molar-refractivity contribution < 1.29 is 24.3 Å². The molecule has 1 amide bonds. The van der Waals surface area contributed by atoms with Crippen molar-refractivity contribution in [2.45, 2.75) is 29.6 Å². The first-order valence-electron chi connectivity index (χ1n) is 9.88. The predicted octanol–water partition coefficient (Wildman–Crippen LogP) is 0.644. The summed E-state index contributed by atoms with van der Waals surface area (Å²) in [5.41, 5.74) is 2.20. The van der Waals surface area contributed by atoms with Crippen LogP contribution in [0.25, 0.3) is 0 Å². The molecule has 0 saturated carbocycles. The number of quaternary nitrogens is 1. The second-order valence-corrected chi connectivity index (χ2v) is 9.57. The first-order chi connectivity index (χ1) is 13.4. The van der Waals surface area contributed by atoms with Crippen LogP contribution in [0.5, 0.6) is 0 Å². The zero-order valence-corrected chi connectivity index (χ0v) is 16.9. The quantitative estimate of drug-likeness (QED) is 0.475. The fraction of sp³-hybridized carbons (Fsp3) is 0.600. The fourth-order valence-corrected chi connectivity index (χ4v) is 6.46. The highest BCUT2D eigenvalue weighted by atomic mass is 32.2. The van der Waals surface area contributed by atoms with Gasteiger partial charge in [-0.15, -0.1) is 11.8 Å². The van der Waals surface area contributed by atoms with E-state index in [4.69, 9.17) is 0 Å². The van der Waals surface area contributed by atoms with Gasteiger partial charge in [-0.1, -0.05) is 24.3 Å². The minimum Gasteiger partial charge on any atom is -0.480 e. The van der Waals surface area contributed by atoms with E-state index in [0.29, 0.717) is 6.42 Å². The molecule has 1 aromatic carbocycles. The average molecular weight is 407 g/mol. The first kappa shape index (κ1) is 19.7. The van der Waals surface area contributed by atoms with Gasteiger partial charge in [0.05, 0.1) is 36.7 Å². The molecule has 3 N–H and O–H groups in total. The number of hydrogen-bond acceptors (Lipinski definition) is 5. The number of rotatable bonds is 6. The molecule has 0 spiro atoms. The molecule has 28 heavy (non-hydrogen) atoms. The van der Waals surface area contributed by atoms with Gasteiger partial charge >= 0.3 is 5.97 Å². The summed E-state index contributed by atoms with van der Waals surface area (Å²) < 4.78 is 1.01. The van der Waals surface area contributed by atoms with Crippen LogP contribution in [0, 0.1) is 5.92 Å². The molecule has 0 aromatic heterocycles. The lowest BCUT2D eigenvalue weighted by molar-refractivity contribution is -0.924. The Hall–Kier alpha value is -1.61. The molecule has 3 aliphatic heterocycles. The minimum atomic E-state index is -0.959. The number of amides is 1. The minimum absolute atomic E-state index is 0.0506. The van der Waals surface area contributed by atoms with Gasteiger partial charge in [-0.25, -0.2) is 4.79 Å². The Morgan fingerprint density at radius 1 is 1.29 bits per heavy atom. The van der Waals surface area contributed by atoms with Crippen molar-refractivity contribution in [2.75, 3.05) is 39.8 Å². The van der Waals surface area contributed by atoms with E-state index in [1.807, 2.05) is 12.1 Å². The molecular weight excluding hydrogens is 378 g/mol. The number of carbonyl (C=O) groups is 2. The fourth-order valence-electron chi connectivity index (χ4n) is 4.64. The van der Waals surface area contributed by atoms with Gasteiger partial charge in [0.2, 0.25) is 5.91 Å². The maximum atomic E-state index is 12.4. The maximum Gasteiger partial charge on any atom is 0.327 e. The highest BCUT2D eigenvalue weighted by Gasteiger charge is 2.60. The highest BCUT2D eigenvalue weighted by molar-refractivity contribution is 8.00. The average Bonchev–Trinajstić information content (AvgIpc) is 3.03. The number of nitrogens with zero attached hydrogens (tertiary/aromatic N) is 2. The molecule has 0 radical (unpaired) electrons. The lowest BCUT2D eigenvalue weighted by Crippen LogP contribution is -2.61. The number of hydrogen-bond donors (Lipinski definition) is 3. The van der Waals surface area contributed by atoms with Crippen LogP contribution in [0.15, 0.2) is 24.3 Å². The van der Waals surface area contributed by atoms with E-state index in [1.54, 1.807) is 11.8 Å². The van der Waals surface area contributed by atoms with Gasteiger partial charge in [0.15, 0.2) is 0 Å². The van der Waals surface area contributed by atoms with Crippen LogP contribution < -0.4 is 5.32 Å². The summed E-state index contributed by atoms with van der Waals surface area (Å²) in [7, 11) is 2.28. The van der Waals surface area contributed by atoms with E-state index >= 15 is 0 Å². The molecule has 8 heteroatoms. The van der Waals surface area contributed by atoms with Crippen molar-refractivity contribution in [3.63, 3.8) is 0 Å². The van der Waals surface area contributed by atoms with E-state index in [2.05, 4.69) is 24.5 Å². The van der Waals surface area contributed by atoms with E-state index in [-0.39, 0.29) is 29.1 Å². The first-order valence-corrected chi connectivity index (χ1v) is 10.8. The van der Waals surface area contributed by atoms with Crippen molar-refractivity contribution in [2.24, 2.45) is 5.92 Å². The summed E-state index contributed by atoms with van der Waals surface area (Å²) in [6.45, 7) is 5.19. The predicted molar refractivity (Wildman–Crippen MR) is 107 cm³/mol. The van der Waals surface area contributed by atoms with Gasteiger partial charge in [-0.05, 0) is 12.0 Å². The second-order valence-electron chi connectivity index (χ2n) is 8.31. The lowest BCUT2D eigenvalue weighted by atomic mass is 9.91. The molecule has 2 unspecified atom stereocenters. The van der Waals surface area contributed by atoms with Gasteiger partial charge < -0.3 is 24.9 Å². The van der Waals surface area contributed by atoms with Crippen molar-refractivity contribution in [1.82, 2.24) is 10.2 Å². The number of aliphatic hydroxyl groups excluding tert-OH is 1. The Labute approximate surface area is 169 Å². The number of likely N-dealkylation sites (N-methyl/N-ethyl adjacent to an activating group) is 1. The summed E-state index contributed by atoms with van der Waals surface area (Å²) >= 11 is 1.54. The lowest BCUT2D eigenvalue weighted by Gasteiger charge is -2.43. The molecule has 0 bridgehead atoms. The van der Waals surface area contributed by atoms with Crippen LogP contribution in [0.3, 0.4) is 0 Å². The van der Waals surface area contributed by atoms with Crippen molar-refractivity contribution in [3.05, 3.63) is 35.4 Å². The number of carboxylic acids is 1. The third-order valence-corrected chi connectivity index (χ3v) is 7.94. The number of fused-ring (bicyclic) bond motifs is 1. The highest BCUT2D eigenvalue weighted by Crippen LogP contribution is 2.55. The number of nitrogens with one attached hydrogen (secondary N) is 1. The van der Waals surface area contributed by atoms with Gasteiger partial charge in [0, 0.05) is 25.3 Å². The normalized spacial score (nSPS) is 31.4. The molecule has 3 heterocycles. The summed E-state index contributed by atoms with van der Waals surface area (Å²) in [5, 5.41) is 21.9. The van der Waals surface area contributed by atoms with E-state index < -0.39 is 12.0 Å². The van der Waals surface area contributed by atoms with Crippen LogP contribution in [-0.2, 0) is 16.1 Å². The Morgan fingerprint density at radius 2 is 1.96 bits per heavy atom. The smallest absolute Gasteiger partial charge is 0.327 e. The van der Waals surface area contributed by atoms with E-state index in [0.717, 1.165) is 42.8 Å². The summed E-state index contributed by atoms with van der Waals surface area (Å²) in [6, 6.07) is 7.41. The summed E-state index contributed by atoms with van der Waals surface area (Å²) in [6.07, 6.45) is 0.399. The number of β-lactam (4-membered cyclic amide) rings is 1. The third-order valence-electron chi connectivity index (χ3n) is 6.29. The number of aliphatic hydroxyl groups is 1. The molecule has 4 rings (SSSR count). The topological polar surface area (TPSA) is 89.9 Å². The number of aliphatic carboxylic acids is 1. The van der Waals surface area contributed by atoms with Gasteiger partial charge in [-0.2, -0.15) is 0 Å². The van der Waals surface area contributed by atoms with E-state index in [1.165, 1.54) is 10.5 Å². The summed E-state index contributed by atoms with van der Waals surface area (Å²) in [4.78, 5) is 25.8. The molecule has 7 nitrogen and oxygen atoms in total. The monoisotopic (exact) mass is 406 g/mol. The molecule has 1 aromatic rings. The van der Waals surface area contributed by atoms with Crippen LogP contribution in [0.1, 0.15) is 22.8 Å². The van der Waals surface area contributed by atoms with Crippen molar-refractivity contribution in [1.29, 1.82) is 0 Å². The zero-order chi connectivity index (χ0) is 19.9. The molecular formula is C20H28N3O4S+. The number of carbonyl (C=O) groups excluding carboxylic acids is 1. The number of carboxylic acid groups (broad SMARTS) is 1. The van der Waals surface area contributed by atoms with E-state index in [9.17, 15) is 19.8 Å². The molecule has 152 valence electrons. The SMILES string of the molecule is C[N+]1(Cc2ccc(C3S[C@@H]4[C@@H](CCO)C(=O)N4C3C(=O)O)cc2)CCNCC1. The Balaban J connectivity index is 1.50. The van der Waals surface area contributed by atoms with Crippen molar-refractivity contribution >= 4 is 23.6 Å². The number of thioether (sulfide) groups is 1. The molecule has 4 atom stereocenters. The molecule has 0 aliphatic carbocycles. The van der Waals surface area contributed by atoms with Crippen LogP contribution in [0.2, 0.25) is 0 Å².